The lowest BCUT2D eigenvalue weighted by Crippen LogP contribution is -2.54. The Labute approximate surface area is 242 Å². The number of anilines is 1. The van der Waals surface area contributed by atoms with Crippen molar-refractivity contribution in [3.63, 3.8) is 0 Å². The number of halogens is 4. The molecule has 214 valence electrons. The Hall–Kier alpha value is -3.21. The highest BCUT2D eigenvalue weighted by Crippen LogP contribution is 2.25. The van der Waals surface area contributed by atoms with Crippen molar-refractivity contribution >= 4 is 50.7 Å². The first-order valence-corrected chi connectivity index (χ1v) is 14.9. The molecule has 40 heavy (non-hydrogen) atoms. The number of hydrogen-bond donors (Lipinski definition) is 1. The highest BCUT2D eigenvalue weighted by atomic mass is 35.5. The van der Waals surface area contributed by atoms with Crippen molar-refractivity contribution in [2.75, 3.05) is 17.1 Å². The van der Waals surface area contributed by atoms with Gasteiger partial charge in [-0.25, -0.2) is 17.2 Å². The molecule has 12 heteroatoms. The number of nitrogens with one attached hydrogen (secondary N) is 1. The third-order valence-electron chi connectivity index (χ3n) is 5.91. The summed E-state index contributed by atoms with van der Waals surface area (Å²) in [5.74, 6) is -3.64. The van der Waals surface area contributed by atoms with Crippen molar-refractivity contribution in [1.82, 2.24) is 10.2 Å². The molecule has 3 aromatic carbocycles. The molecule has 0 fully saturated rings. The van der Waals surface area contributed by atoms with E-state index in [0.29, 0.717) is 21.0 Å². The third kappa shape index (κ3) is 8.39. The minimum atomic E-state index is -4.13. The van der Waals surface area contributed by atoms with Gasteiger partial charge in [-0.2, -0.15) is 0 Å². The summed E-state index contributed by atoms with van der Waals surface area (Å²) in [6.07, 6.45) is 0.967. The lowest BCUT2D eigenvalue weighted by atomic mass is 10.0. The largest absolute Gasteiger partial charge is 0.352 e. The van der Waals surface area contributed by atoms with Crippen LogP contribution in [0.4, 0.5) is 14.5 Å². The Bertz CT molecular complexity index is 1470. The van der Waals surface area contributed by atoms with E-state index in [4.69, 9.17) is 23.2 Å². The van der Waals surface area contributed by atoms with Crippen molar-refractivity contribution in [2.45, 2.75) is 38.9 Å². The second kappa shape index (κ2) is 13.4. The highest BCUT2D eigenvalue weighted by Gasteiger charge is 2.33. The molecule has 0 bridgehead atoms. The van der Waals surface area contributed by atoms with Gasteiger partial charge in [0.15, 0.2) is 11.6 Å². The summed E-state index contributed by atoms with van der Waals surface area (Å²) in [5.41, 5.74) is 1.06. The van der Waals surface area contributed by atoms with Crippen LogP contribution >= 0.6 is 23.2 Å². The maximum Gasteiger partial charge on any atom is 0.244 e. The number of amides is 2. The Morgan fingerprint density at radius 2 is 1.57 bits per heavy atom. The predicted octanol–water partition coefficient (Wildman–Crippen LogP) is 5.20. The Morgan fingerprint density at radius 3 is 2.15 bits per heavy atom. The number of carbonyl (C=O) groups is 2. The topological polar surface area (TPSA) is 86.8 Å². The van der Waals surface area contributed by atoms with E-state index in [-0.39, 0.29) is 29.7 Å². The normalized spacial score (nSPS) is 12.2. The average molecular weight is 613 g/mol. The molecule has 1 unspecified atom stereocenters. The van der Waals surface area contributed by atoms with Gasteiger partial charge in [0.1, 0.15) is 12.6 Å². The van der Waals surface area contributed by atoms with Gasteiger partial charge in [0.2, 0.25) is 21.8 Å². The van der Waals surface area contributed by atoms with Crippen LogP contribution in [0.3, 0.4) is 0 Å². The molecule has 3 rings (SSSR count). The van der Waals surface area contributed by atoms with Crippen LogP contribution in [0, 0.1) is 11.6 Å². The molecule has 0 aromatic heterocycles. The van der Waals surface area contributed by atoms with Gasteiger partial charge in [0.25, 0.3) is 0 Å². The van der Waals surface area contributed by atoms with E-state index in [1.165, 1.54) is 4.90 Å². The second-order valence-electron chi connectivity index (χ2n) is 9.51. The second-order valence-corrected chi connectivity index (χ2v) is 12.2. The molecule has 3 aromatic rings. The van der Waals surface area contributed by atoms with Crippen LogP contribution in [0.5, 0.6) is 0 Å². The van der Waals surface area contributed by atoms with Crippen LogP contribution in [0.2, 0.25) is 10.0 Å². The number of rotatable bonds is 11. The van der Waals surface area contributed by atoms with Crippen molar-refractivity contribution in [3.05, 3.63) is 99.5 Å². The Balaban J connectivity index is 2.08. The standard InChI is InChI=1S/C28H29Cl2F2N3O4S/c1-18(2)33-28(37)26(14-19-7-5-4-6-8-19)34(16-20-9-11-22(29)23(30)13-20)27(36)17-35(40(3,38)39)21-10-12-24(31)25(32)15-21/h4-13,15,18,26H,14,16-17H2,1-3H3,(H,33,37). The molecular weight excluding hydrogens is 583 g/mol. The average Bonchev–Trinajstić information content (AvgIpc) is 2.88. The molecule has 7 nitrogen and oxygen atoms in total. The van der Waals surface area contributed by atoms with Crippen molar-refractivity contribution < 1.29 is 26.8 Å². The fourth-order valence-electron chi connectivity index (χ4n) is 4.02. The van der Waals surface area contributed by atoms with Crippen LogP contribution in [0.15, 0.2) is 66.7 Å². The molecule has 0 aliphatic heterocycles. The van der Waals surface area contributed by atoms with Crippen molar-refractivity contribution in [2.24, 2.45) is 0 Å². The van der Waals surface area contributed by atoms with Gasteiger partial charge >= 0.3 is 0 Å². The van der Waals surface area contributed by atoms with Gasteiger partial charge in [-0.05, 0) is 49.2 Å². The zero-order chi connectivity index (χ0) is 29.6. The van der Waals surface area contributed by atoms with E-state index in [2.05, 4.69) is 5.32 Å². The minimum absolute atomic E-state index is 0.117. The molecule has 0 saturated heterocycles. The van der Waals surface area contributed by atoms with Gasteiger partial charge in [0, 0.05) is 25.1 Å². The summed E-state index contributed by atoms with van der Waals surface area (Å²) < 4.78 is 53.6. The number of hydrogen-bond acceptors (Lipinski definition) is 4. The van der Waals surface area contributed by atoms with E-state index >= 15 is 0 Å². The van der Waals surface area contributed by atoms with E-state index < -0.39 is 46.1 Å². The number of benzene rings is 3. The van der Waals surface area contributed by atoms with Gasteiger partial charge in [-0.1, -0.05) is 59.6 Å². The molecule has 0 saturated carbocycles. The van der Waals surface area contributed by atoms with E-state index in [9.17, 15) is 26.8 Å². The molecule has 0 aliphatic rings. The first-order chi connectivity index (χ1) is 18.8. The van der Waals surface area contributed by atoms with Crippen LogP contribution in [0.25, 0.3) is 0 Å². The molecule has 0 radical (unpaired) electrons. The molecule has 0 spiro atoms. The molecule has 1 N–H and O–H groups in total. The first kappa shape index (κ1) is 31.3. The van der Waals surface area contributed by atoms with Crippen molar-refractivity contribution in [1.29, 1.82) is 0 Å². The monoisotopic (exact) mass is 611 g/mol. The van der Waals surface area contributed by atoms with Gasteiger partial charge in [-0.3, -0.25) is 13.9 Å². The third-order valence-corrected chi connectivity index (χ3v) is 7.79. The van der Waals surface area contributed by atoms with Gasteiger partial charge in [0.05, 0.1) is 22.0 Å². The summed E-state index contributed by atoms with van der Waals surface area (Å²) in [6.45, 7) is 2.66. The molecular formula is C28H29Cl2F2N3O4S. The maximum absolute atomic E-state index is 14.0. The summed E-state index contributed by atoms with van der Waals surface area (Å²) in [7, 11) is -4.13. The number of carbonyl (C=O) groups excluding carboxylic acids is 2. The summed E-state index contributed by atoms with van der Waals surface area (Å²) in [6, 6.07) is 15.0. The zero-order valence-corrected chi connectivity index (χ0v) is 24.4. The van der Waals surface area contributed by atoms with E-state index in [0.717, 1.165) is 24.0 Å². The fraction of sp³-hybridized carbons (Fsp3) is 0.286. The summed E-state index contributed by atoms with van der Waals surface area (Å²) >= 11 is 12.3. The zero-order valence-electron chi connectivity index (χ0n) is 22.1. The van der Waals surface area contributed by atoms with Crippen LogP contribution in [0.1, 0.15) is 25.0 Å². The SMILES string of the molecule is CC(C)NC(=O)C(Cc1ccccc1)N(Cc1ccc(Cl)c(Cl)c1)C(=O)CN(c1ccc(F)c(F)c1)S(C)(=O)=O. The van der Waals surface area contributed by atoms with Gasteiger partial charge in [-0.15, -0.1) is 0 Å². The smallest absolute Gasteiger partial charge is 0.244 e. The Kier molecular flexibility index (Phi) is 10.5. The summed E-state index contributed by atoms with van der Waals surface area (Å²) in [5, 5.41) is 3.36. The molecule has 1 atom stereocenters. The molecule has 0 heterocycles. The quantitative estimate of drug-likeness (QED) is 0.323. The van der Waals surface area contributed by atoms with E-state index in [1.807, 2.05) is 18.2 Å². The van der Waals surface area contributed by atoms with Crippen LogP contribution in [-0.4, -0.2) is 50.0 Å². The van der Waals surface area contributed by atoms with Crippen LogP contribution < -0.4 is 9.62 Å². The van der Waals surface area contributed by atoms with E-state index in [1.54, 1.807) is 44.2 Å². The summed E-state index contributed by atoms with van der Waals surface area (Å²) in [4.78, 5) is 28.6. The minimum Gasteiger partial charge on any atom is -0.352 e. The fourth-order valence-corrected chi connectivity index (χ4v) is 5.19. The maximum atomic E-state index is 14.0. The Morgan fingerprint density at radius 1 is 0.900 bits per heavy atom. The van der Waals surface area contributed by atoms with Gasteiger partial charge < -0.3 is 10.2 Å². The van der Waals surface area contributed by atoms with Crippen LogP contribution in [-0.2, 0) is 32.6 Å². The lowest BCUT2D eigenvalue weighted by Gasteiger charge is -2.34. The number of sulfonamides is 1. The molecule has 0 aliphatic carbocycles. The van der Waals surface area contributed by atoms with Crippen molar-refractivity contribution in [3.8, 4) is 0 Å². The first-order valence-electron chi connectivity index (χ1n) is 12.3. The lowest BCUT2D eigenvalue weighted by molar-refractivity contribution is -0.140. The number of nitrogens with zero attached hydrogens (tertiary/aromatic N) is 2. The highest BCUT2D eigenvalue weighted by molar-refractivity contribution is 7.92. The predicted molar refractivity (Wildman–Crippen MR) is 153 cm³/mol. The molecule has 2 amide bonds.